The highest BCUT2D eigenvalue weighted by Gasteiger charge is 2.19. The second kappa shape index (κ2) is 4.53. The van der Waals surface area contributed by atoms with Crippen LogP contribution in [0.3, 0.4) is 0 Å². The molecule has 84 valence electrons. The van der Waals surface area contributed by atoms with Crippen molar-refractivity contribution in [1.29, 1.82) is 0 Å². The van der Waals surface area contributed by atoms with E-state index in [4.69, 9.17) is 11.6 Å². The third kappa shape index (κ3) is 1.95. The van der Waals surface area contributed by atoms with Crippen LogP contribution in [-0.2, 0) is 0 Å². The molecule has 0 saturated carbocycles. The van der Waals surface area contributed by atoms with Gasteiger partial charge in [0, 0.05) is 18.1 Å². The van der Waals surface area contributed by atoms with Crippen molar-refractivity contribution in [2.75, 3.05) is 18.1 Å². The Morgan fingerprint density at radius 1 is 1.44 bits per heavy atom. The van der Waals surface area contributed by atoms with Crippen molar-refractivity contribution in [3.8, 4) is 0 Å². The van der Waals surface area contributed by atoms with E-state index >= 15 is 0 Å². The highest BCUT2D eigenvalue weighted by atomic mass is 35.5. The Hall–Kier alpha value is -0.290. The number of thioether (sulfide) groups is 1. The minimum absolute atomic E-state index is 0.396. The summed E-state index contributed by atoms with van der Waals surface area (Å²) >= 11 is 9.85. The average molecular weight is 271 g/mol. The number of rotatable bonds is 1. The first-order chi connectivity index (χ1) is 7.84. The second-order valence-electron chi connectivity index (χ2n) is 3.72. The summed E-state index contributed by atoms with van der Waals surface area (Å²) in [7, 11) is 0. The number of benzene rings is 1. The van der Waals surface area contributed by atoms with Crippen molar-refractivity contribution < 1.29 is 0 Å². The number of thiazole rings is 1. The summed E-state index contributed by atoms with van der Waals surface area (Å²) in [6, 6.07) is 6.30. The van der Waals surface area contributed by atoms with Gasteiger partial charge in [0.25, 0.3) is 0 Å². The summed E-state index contributed by atoms with van der Waals surface area (Å²) in [6.45, 7) is 1.07. The molecule has 3 rings (SSSR count). The van der Waals surface area contributed by atoms with Crippen LogP contribution in [-0.4, -0.2) is 23.0 Å². The largest absolute Gasteiger partial charge is 0.306 e. The lowest BCUT2D eigenvalue weighted by Crippen LogP contribution is -2.30. The van der Waals surface area contributed by atoms with Gasteiger partial charge in [-0.25, -0.2) is 4.98 Å². The average Bonchev–Trinajstić information content (AvgIpc) is 2.76. The fourth-order valence-corrected chi connectivity index (χ4v) is 4.18. The molecule has 0 radical (unpaired) electrons. The van der Waals surface area contributed by atoms with Gasteiger partial charge in [0.1, 0.15) is 5.01 Å². The van der Waals surface area contributed by atoms with Crippen LogP contribution < -0.4 is 5.32 Å². The van der Waals surface area contributed by atoms with Crippen LogP contribution >= 0.6 is 34.7 Å². The Labute approximate surface area is 107 Å². The molecular weight excluding hydrogens is 260 g/mol. The Morgan fingerprint density at radius 2 is 2.38 bits per heavy atom. The quantitative estimate of drug-likeness (QED) is 0.860. The van der Waals surface area contributed by atoms with E-state index in [9.17, 15) is 0 Å². The molecule has 1 unspecified atom stereocenters. The maximum atomic E-state index is 6.15. The number of hydrogen-bond donors (Lipinski definition) is 1. The van der Waals surface area contributed by atoms with Crippen LogP contribution in [0, 0.1) is 0 Å². The molecule has 0 bridgehead atoms. The van der Waals surface area contributed by atoms with Crippen molar-refractivity contribution in [3.05, 3.63) is 28.2 Å². The normalized spacial score (nSPS) is 21.4. The van der Waals surface area contributed by atoms with Gasteiger partial charge in [0.15, 0.2) is 0 Å². The van der Waals surface area contributed by atoms with Gasteiger partial charge in [-0.2, -0.15) is 11.8 Å². The van der Waals surface area contributed by atoms with Crippen LogP contribution in [0.1, 0.15) is 11.0 Å². The Bertz CT molecular complexity index is 506. The fraction of sp³-hybridized carbons (Fsp3) is 0.364. The van der Waals surface area contributed by atoms with Gasteiger partial charge in [-0.15, -0.1) is 11.3 Å². The molecule has 1 N–H and O–H groups in total. The maximum absolute atomic E-state index is 6.15. The van der Waals surface area contributed by atoms with Gasteiger partial charge in [0.05, 0.1) is 21.3 Å². The Morgan fingerprint density at radius 3 is 3.12 bits per heavy atom. The van der Waals surface area contributed by atoms with Gasteiger partial charge < -0.3 is 5.32 Å². The monoisotopic (exact) mass is 270 g/mol. The van der Waals surface area contributed by atoms with E-state index < -0.39 is 0 Å². The van der Waals surface area contributed by atoms with Gasteiger partial charge in [0.2, 0.25) is 0 Å². The van der Waals surface area contributed by atoms with Gasteiger partial charge in [-0.05, 0) is 12.1 Å². The first-order valence-corrected chi connectivity index (χ1v) is 7.55. The number of aromatic nitrogens is 1. The van der Waals surface area contributed by atoms with Crippen molar-refractivity contribution >= 4 is 44.9 Å². The molecule has 1 aliphatic rings. The molecule has 1 aromatic heterocycles. The summed E-state index contributed by atoms with van der Waals surface area (Å²) in [5.74, 6) is 2.31. The molecule has 16 heavy (non-hydrogen) atoms. The number of nitrogens with zero attached hydrogens (tertiary/aromatic N) is 1. The number of hydrogen-bond acceptors (Lipinski definition) is 4. The molecule has 2 heterocycles. The van der Waals surface area contributed by atoms with Gasteiger partial charge in [-0.3, -0.25) is 0 Å². The maximum Gasteiger partial charge on any atom is 0.112 e. The molecule has 1 fully saturated rings. The smallest absolute Gasteiger partial charge is 0.112 e. The molecule has 5 heteroatoms. The lowest BCUT2D eigenvalue weighted by atomic mass is 10.3. The second-order valence-corrected chi connectivity index (χ2v) is 6.31. The highest BCUT2D eigenvalue weighted by Crippen LogP contribution is 2.33. The van der Waals surface area contributed by atoms with Gasteiger partial charge >= 0.3 is 0 Å². The van der Waals surface area contributed by atoms with Crippen molar-refractivity contribution in [2.45, 2.75) is 6.04 Å². The summed E-state index contributed by atoms with van der Waals surface area (Å²) in [5.41, 5.74) is 1.02. The van der Waals surface area contributed by atoms with E-state index in [1.54, 1.807) is 11.3 Å². The van der Waals surface area contributed by atoms with Gasteiger partial charge in [-0.1, -0.05) is 17.7 Å². The zero-order valence-electron chi connectivity index (χ0n) is 8.57. The van der Waals surface area contributed by atoms with Crippen LogP contribution in [0.15, 0.2) is 18.2 Å². The SMILES string of the molecule is Clc1cccc2nc(C3CSCCN3)sc12. The van der Waals surface area contributed by atoms with E-state index in [1.165, 1.54) is 5.75 Å². The molecule has 0 spiro atoms. The predicted octanol–water partition coefficient (Wildman–Crippen LogP) is 3.33. The first kappa shape index (κ1) is 10.8. The lowest BCUT2D eigenvalue weighted by molar-refractivity contribution is 0.593. The molecule has 2 nitrogen and oxygen atoms in total. The molecule has 0 aliphatic carbocycles. The fourth-order valence-electron chi connectivity index (χ4n) is 1.81. The summed E-state index contributed by atoms with van der Waals surface area (Å²) in [4.78, 5) is 4.66. The molecule has 1 aliphatic heterocycles. The summed E-state index contributed by atoms with van der Waals surface area (Å²) < 4.78 is 1.11. The Kier molecular flexibility index (Phi) is 3.07. The van der Waals surface area contributed by atoms with E-state index in [-0.39, 0.29) is 0 Å². The minimum atomic E-state index is 0.396. The minimum Gasteiger partial charge on any atom is -0.306 e. The topological polar surface area (TPSA) is 24.9 Å². The molecule has 1 aromatic carbocycles. The molecule has 2 aromatic rings. The first-order valence-electron chi connectivity index (χ1n) is 5.20. The molecule has 0 amide bonds. The Balaban J connectivity index is 2.01. The summed E-state index contributed by atoms with van der Waals surface area (Å²) in [5, 5.41) is 5.47. The third-order valence-electron chi connectivity index (χ3n) is 2.60. The van der Waals surface area contributed by atoms with E-state index in [0.29, 0.717) is 6.04 Å². The highest BCUT2D eigenvalue weighted by molar-refractivity contribution is 7.99. The predicted molar refractivity (Wildman–Crippen MR) is 72.7 cm³/mol. The zero-order valence-corrected chi connectivity index (χ0v) is 11.0. The number of halogens is 1. The van der Waals surface area contributed by atoms with Crippen molar-refractivity contribution in [2.24, 2.45) is 0 Å². The lowest BCUT2D eigenvalue weighted by Gasteiger charge is -2.20. The summed E-state index contributed by atoms with van der Waals surface area (Å²) in [6.07, 6.45) is 0. The zero-order chi connectivity index (χ0) is 11.0. The van der Waals surface area contributed by atoms with E-state index in [1.807, 2.05) is 30.0 Å². The molecule has 1 saturated heterocycles. The van der Waals surface area contributed by atoms with Crippen LogP contribution in [0.4, 0.5) is 0 Å². The van der Waals surface area contributed by atoms with Crippen molar-refractivity contribution in [3.63, 3.8) is 0 Å². The van der Waals surface area contributed by atoms with Crippen LogP contribution in [0.2, 0.25) is 5.02 Å². The molecule has 1 atom stereocenters. The number of nitrogens with one attached hydrogen (secondary N) is 1. The van der Waals surface area contributed by atoms with Crippen LogP contribution in [0.5, 0.6) is 0 Å². The van der Waals surface area contributed by atoms with Crippen molar-refractivity contribution in [1.82, 2.24) is 10.3 Å². The van der Waals surface area contributed by atoms with Crippen LogP contribution in [0.25, 0.3) is 10.2 Å². The van der Waals surface area contributed by atoms with E-state index in [2.05, 4.69) is 10.3 Å². The third-order valence-corrected chi connectivity index (χ3v) is 5.31. The number of fused-ring (bicyclic) bond motifs is 1. The standard InChI is InChI=1S/C11H11ClN2S2/c12-7-2-1-3-8-10(7)16-11(14-8)9-6-15-5-4-13-9/h1-3,9,13H,4-6H2. The molecular formula is C11H11ClN2S2. The van der Waals surface area contributed by atoms with E-state index in [0.717, 1.165) is 32.5 Å².